The molecule has 0 saturated carbocycles. The van der Waals surface area contributed by atoms with Crippen molar-refractivity contribution in [3.8, 4) is 0 Å². The first kappa shape index (κ1) is 22.6. The van der Waals surface area contributed by atoms with Crippen molar-refractivity contribution in [3.05, 3.63) is 76.2 Å². The van der Waals surface area contributed by atoms with Crippen molar-refractivity contribution in [3.63, 3.8) is 0 Å². The lowest BCUT2D eigenvalue weighted by atomic mass is 10.0. The van der Waals surface area contributed by atoms with Crippen LogP contribution in [0.15, 0.2) is 48.8 Å². The van der Waals surface area contributed by atoms with E-state index in [1.54, 1.807) is 43.4 Å². The molecular weight excluding hydrogens is 444 g/mol. The highest BCUT2D eigenvalue weighted by atomic mass is 35.5. The second-order valence-electron chi connectivity index (χ2n) is 7.57. The molecule has 0 unspecified atom stereocenters. The zero-order chi connectivity index (χ0) is 23.4. The number of amidine groups is 1. The number of ketones is 1. The van der Waals surface area contributed by atoms with E-state index >= 15 is 0 Å². The number of nitrogens with zero attached hydrogens (tertiary/aromatic N) is 4. The number of carbonyl (C=O) groups is 2. The van der Waals surface area contributed by atoms with Crippen molar-refractivity contribution in [1.82, 2.24) is 19.7 Å². The fourth-order valence-corrected chi connectivity index (χ4v) is 3.65. The van der Waals surface area contributed by atoms with Crippen LogP contribution < -0.4 is 5.32 Å². The standard InChI is InChI=1S/C23H23ClN6O3/c1-29-19(18(14-27-29)23(32)28-21-7-6-17(24)13-26-21)12-20(31)15-2-4-16(5-3-15)22(25)30-8-10-33-11-9-30/h2-7,13-14,25H,8-12H2,1H3,(H,26,28,32). The first-order valence-electron chi connectivity index (χ1n) is 10.4. The first-order chi connectivity index (χ1) is 15.9. The fourth-order valence-electron chi connectivity index (χ4n) is 3.53. The SMILES string of the molecule is Cn1ncc(C(=O)Nc2ccc(Cl)cn2)c1CC(=O)c1ccc(C(=N)N2CCOCC2)cc1. The summed E-state index contributed by atoms with van der Waals surface area (Å²) in [6.45, 7) is 2.56. The normalized spacial score (nSPS) is 13.6. The van der Waals surface area contributed by atoms with Gasteiger partial charge in [-0.1, -0.05) is 35.9 Å². The van der Waals surface area contributed by atoms with Crippen LogP contribution >= 0.6 is 11.6 Å². The average Bonchev–Trinajstić information content (AvgIpc) is 3.20. The number of hydrogen-bond acceptors (Lipinski definition) is 6. The molecule has 1 saturated heterocycles. The number of ether oxygens (including phenoxy) is 1. The Morgan fingerprint density at radius 2 is 1.79 bits per heavy atom. The third-order valence-corrected chi connectivity index (χ3v) is 5.63. The van der Waals surface area contributed by atoms with Gasteiger partial charge in [0.15, 0.2) is 5.78 Å². The second-order valence-corrected chi connectivity index (χ2v) is 8.01. The Bertz CT molecular complexity index is 1170. The summed E-state index contributed by atoms with van der Waals surface area (Å²) in [5.41, 5.74) is 2.04. The number of pyridine rings is 1. The summed E-state index contributed by atoms with van der Waals surface area (Å²) in [5, 5.41) is 15.7. The van der Waals surface area contributed by atoms with Crippen LogP contribution in [0.4, 0.5) is 5.82 Å². The maximum Gasteiger partial charge on any atom is 0.260 e. The van der Waals surface area contributed by atoms with E-state index in [0.717, 1.165) is 5.56 Å². The van der Waals surface area contributed by atoms with Crippen LogP contribution in [0.3, 0.4) is 0 Å². The molecule has 3 aromatic rings. The molecule has 1 aromatic carbocycles. The van der Waals surface area contributed by atoms with E-state index in [9.17, 15) is 9.59 Å². The van der Waals surface area contributed by atoms with Crippen molar-refractivity contribution < 1.29 is 14.3 Å². The van der Waals surface area contributed by atoms with Gasteiger partial charge in [0.2, 0.25) is 0 Å². The van der Waals surface area contributed by atoms with Crippen LogP contribution in [-0.4, -0.2) is 63.5 Å². The quantitative estimate of drug-likeness (QED) is 0.328. The highest BCUT2D eigenvalue weighted by Gasteiger charge is 2.21. The zero-order valence-corrected chi connectivity index (χ0v) is 18.8. The summed E-state index contributed by atoms with van der Waals surface area (Å²) >= 11 is 5.83. The van der Waals surface area contributed by atoms with Crippen molar-refractivity contribution in [2.75, 3.05) is 31.6 Å². The summed E-state index contributed by atoms with van der Waals surface area (Å²) in [7, 11) is 1.69. The Morgan fingerprint density at radius 1 is 1.09 bits per heavy atom. The van der Waals surface area contributed by atoms with Gasteiger partial charge in [0.1, 0.15) is 11.7 Å². The lowest BCUT2D eigenvalue weighted by molar-refractivity contribution is 0.0680. The van der Waals surface area contributed by atoms with Gasteiger partial charge in [0.05, 0.1) is 42.1 Å². The van der Waals surface area contributed by atoms with Crippen LogP contribution in [0.5, 0.6) is 0 Å². The molecule has 0 aliphatic carbocycles. The molecule has 9 nitrogen and oxygen atoms in total. The van der Waals surface area contributed by atoms with Crippen LogP contribution in [-0.2, 0) is 18.2 Å². The van der Waals surface area contributed by atoms with E-state index < -0.39 is 5.91 Å². The van der Waals surface area contributed by atoms with Gasteiger partial charge < -0.3 is 15.0 Å². The Kier molecular flexibility index (Phi) is 6.81. The number of Topliss-reactive ketones (excluding diaryl/α,β-unsaturated/α-hetero) is 1. The molecular formula is C23H23ClN6O3. The van der Waals surface area contributed by atoms with E-state index in [0.29, 0.717) is 59.8 Å². The topological polar surface area (TPSA) is 113 Å². The number of hydrogen-bond donors (Lipinski definition) is 2. The summed E-state index contributed by atoms with van der Waals surface area (Å²) < 4.78 is 6.85. The Morgan fingerprint density at radius 3 is 2.45 bits per heavy atom. The molecule has 4 rings (SSSR count). The first-order valence-corrected chi connectivity index (χ1v) is 10.8. The number of amides is 1. The Labute approximate surface area is 195 Å². The largest absolute Gasteiger partial charge is 0.378 e. The lowest BCUT2D eigenvalue weighted by Gasteiger charge is -2.29. The number of aromatic nitrogens is 3. The van der Waals surface area contributed by atoms with E-state index in [1.165, 1.54) is 17.1 Å². The van der Waals surface area contributed by atoms with Crippen LogP contribution in [0.1, 0.15) is 32.0 Å². The minimum absolute atomic E-state index is 0.00750. The third-order valence-electron chi connectivity index (χ3n) is 5.41. The summed E-state index contributed by atoms with van der Waals surface area (Å²) in [4.78, 5) is 31.7. The highest BCUT2D eigenvalue weighted by Crippen LogP contribution is 2.16. The maximum atomic E-state index is 12.9. The summed E-state index contributed by atoms with van der Waals surface area (Å²) in [6, 6.07) is 10.2. The van der Waals surface area contributed by atoms with Crippen molar-refractivity contribution in [1.29, 1.82) is 5.41 Å². The molecule has 3 heterocycles. The molecule has 1 fully saturated rings. The Hall–Kier alpha value is -3.56. The summed E-state index contributed by atoms with van der Waals surface area (Å²) in [6.07, 6.45) is 2.88. The van der Waals surface area contributed by atoms with Gasteiger partial charge in [-0.05, 0) is 12.1 Å². The van der Waals surface area contributed by atoms with Gasteiger partial charge in [0.25, 0.3) is 5.91 Å². The predicted octanol–water partition coefficient (Wildman–Crippen LogP) is 2.80. The van der Waals surface area contributed by atoms with E-state index in [1.807, 2.05) is 4.90 Å². The molecule has 33 heavy (non-hydrogen) atoms. The van der Waals surface area contributed by atoms with Gasteiger partial charge in [-0.3, -0.25) is 19.7 Å². The van der Waals surface area contributed by atoms with Gasteiger partial charge in [-0.15, -0.1) is 0 Å². The number of nitrogens with one attached hydrogen (secondary N) is 2. The van der Waals surface area contributed by atoms with E-state index in [2.05, 4.69) is 15.4 Å². The minimum atomic E-state index is -0.407. The number of carbonyl (C=O) groups excluding carboxylic acids is 2. The van der Waals surface area contributed by atoms with Crippen LogP contribution in [0, 0.1) is 5.41 Å². The molecule has 1 aliphatic rings. The average molecular weight is 467 g/mol. The smallest absolute Gasteiger partial charge is 0.260 e. The van der Waals surface area contributed by atoms with Gasteiger partial charge >= 0.3 is 0 Å². The van der Waals surface area contributed by atoms with E-state index in [4.69, 9.17) is 21.7 Å². The van der Waals surface area contributed by atoms with Crippen molar-refractivity contribution >= 4 is 34.9 Å². The molecule has 1 aliphatic heterocycles. The Balaban J connectivity index is 1.45. The molecule has 2 aromatic heterocycles. The third kappa shape index (κ3) is 5.27. The van der Waals surface area contributed by atoms with Crippen LogP contribution in [0.25, 0.3) is 0 Å². The maximum absolute atomic E-state index is 12.9. The van der Waals surface area contributed by atoms with Crippen molar-refractivity contribution in [2.45, 2.75) is 6.42 Å². The molecule has 2 N–H and O–H groups in total. The number of morpholine rings is 1. The van der Waals surface area contributed by atoms with Crippen LogP contribution in [0.2, 0.25) is 5.02 Å². The second kappa shape index (κ2) is 9.93. The van der Waals surface area contributed by atoms with Gasteiger partial charge in [0, 0.05) is 37.5 Å². The predicted molar refractivity (Wildman–Crippen MR) is 124 cm³/mol. The molecule has 0 radical (unpaired) electrons. The molecule has 0 spiro atoms. The van der Waals surface area contributed by atoms with E-state index in [-0.39, 0.29) is 12.2 Å². The molecule has 1 amide bonds. The zero-order valence-electron chi connectivity index (χ0n) is 18.0. The van der Waals surface area contributed by atoms with Crippen molar-refractivity contribution in [2.24, 2.45) is 7.05 Å². The monoisotopic (exact) mass is 466 g/mol. The summed E-state index contributed by atoms with van der Waals surface area (Å²) in [5.74, 6) is 0.208. The number of aryl methyl sites for hydroxylation is 1. The molecule has 170 valence electrons. The number of benzene rings is 1. The number of halogens is 1. The lowest BCUT2D eigenvalue weighted by Crippen LogP contribution is -2.40. The highest BCUT2D eigenvalue weighted by molar-refractivity contribution is 6.30. The minimum Gasteiger partial charge on any atom is -0.378 e. The molecule has 10 heteroatoms. The number of rotatable bonds is 6. The van der Waals surface area contributed by atoms with Gasteiger partial charge in [-0.2, -0.15) is 5.10 Å². The van der Waals surface area contributed by atoms with Gasteiger partial charge in [-0.25, -0.2) is 4.98 Å². The number of anilines is 1. The fraction of sp³-hybridized carbons (Fsp3) is 0.261. The molecule has 0 atom stereocenters. The molecule has 0 bridgehead atoms.